The first-order valence-electron chi connectivity index (χ1n) is 9.65. The number of carbonyl (C=O) groups excluding carboxylic acids is 1. The van der Waals surface area contributed by atoms with Crippen LogP contribution in [0.1, 0.15) is 22.3 Å². The molecule has 1 aliphatic rings. The summed E-state index contributed by atoms with van der Waals surface area (Å²) in [7, 11) is 1.62. The monoisotopic (exact) mass is 417 g/mol. The molecule has 0 saturated carbocycles. The van der Waals surface area contributed by atoms with Gasteiger partial charge in [0.2, 0.25) is 0 Å². The fraction of sp³-hybridized carbons (Fsp3) is 0.348. The van der Waals surface area contributed by atoms with Gasteiger partial charge in [-0.15, -0.1) is 12.4 Å². The topological polar surface area (TPSA) is 48.0 Å². The van der Waals surface area contributed by atoms with Crippen LogP contribution in [-0.2, 0) is 4.74 Å². The van der Waals surface area contributed by atoms with Crippen molar-refractivity contribution in [2.75, 3.05) is 46.6 Å². The molecule has 0 unspecified atom stereocenters. The molecule has 1 heterocycles. The van der Waals surface area contributed by atoms with E-state index < -0.39 is 0 Å². The number of nitrogens with zero attached hydrogens (tertiary/aromatic N) is 1. The highest BCUT2D eigenvalue weighted by Gasteiger charge is 2.12. The Labute approximate surface area is 178 Å². The molecule has 156 valence electrons. The van der Waals surface area contributed by atoms with E-state index in [9.17, 15) is 4.79 Å². The SMILES string of the molecule is COc1ccccc1/C=C/C(=O)c1ccccc1OCCCN1CCOCC1.Cl. The summed E-state index contributed by atoms with van der Waals surface area (Å²) in [5, 5.41) is 0. The zero-order valence-corrected chi connectivity index (χ0v) is 17.5. The lowest BCUT2D eigenvalue weighted by Crippen LogP contribution is -2.37. The number of methoxy groups -OCH3 is 1. The van der Waals surface area contributed by atoms with Gasteiger partial charge >= 0.3 is 0 Å². The van der Waals surface area contributed by atoms with Gasteiger partial charge in [-0.3, -0.25) is 9.69 Å². The summed E-state index contributed by atoms with van der Waals surface area (Å²) in [6.45, 7) is 5.12. The van der Waals surface area contributed by atoms with Crippen LogP contribution in [0.15, 0.2) is 54.6 Å². The third kappa shape index (κ3) is 6.89. The molecule has 0 spiro atoms. The highest BCUT2D eigenvalue weighted by molar-refractivity contribution is 6.08. The highest BCUT2D eigenvalue weighted by Crippen LogP contribution is 2.22. The molecule has 5 nitrogen and oxygen atoms in total. The molecule has 6 heteroatoms. The van der Waals surface area contributed by atoms with Gasteiger partial charge in [0, 0.05) is 25.2 Å². The van der Waals surface area contributed by atoms with Gasteiger partial charge in [-0.05, 0) is 36.8 Å². The number of ketones is 1. The van der Waals surface area contributed by atoms with Gasteiger partial charge in [-0.25, -0.2) is 0 Å². The lowest BCUT2D eigenvalue weighted by atomic mass is 10.1. The molecule has 0 atom stereocenters. The standard InChI is InChI=1S/C23H27NO4.ClH/c1-26-22-9-4-2-7-19(22)11-12-21(25)20-8-3-5-10-23(20)28-16-6-13-24-14-17-27-18-15-24;/h2-5,7-12H,6,13-18H2,1H3;1H/b12-11+;. The summed E-state index contributed by atoms with van der Waals surface area (Å²) in [4.78, 5) is 15.1. The number of allylic oxidation sites excluding steroid dienone is 1. The van der Waals surface area contributed by atoms with Crippen molar-refractivity contribution in [3.63, 3.8) is 0 Å². The zero-order valence-electron chi connectivity index (χ0n) is 16.7. The van der Waals surface area contributed by atoms with Gasteiger partial charge in [-0.2, -0.15) is 0 Å². The second-order valence-corrected chi connectivity index (χ2v) is 6.59. The summed E-state index contributed by atoms with van der Waals surface area (Å²) >= 11 is 0. The Morgan fingerprint density at radius 2 is 1.76 bits per heavy atom. The predicted molar refractivity (Wildman–Crippen MR) is 117 cm³/mol. The highest BCUT2D eigenvalue weighted by atomic mass is 35.5. The van der Waals surface area contributed by atoms with Gasteiger partial charge < -0.3 is 14.2 Å². The predicted octanol–water partition coefficient (Wildman–Crippen LogP) is 4.11. The van der Waals surface area contributed by atoms with Crippen LogP contribution in [0.3, 0.4) is 0 Å². The van der Waals surface area contributed by atoms with Crippen LogP contribution in [0.5, 0.6) is 11.5 Å². The Hall–Kier alpha value is -2.34. The van der Waals surface area contributed by atoms with Crippen LogP contribution in [0, 0.1) is 0 Å². The number of hydrogen-bond acceptors (Lipinski definition) is 5. The molecule has 2 aromatic carbocycles. The van der Waals surface area contributed by atoms with Gasteiger partial charge in [0.25, 0.3) is 0 Å². The van der Waals surface area contributed by atoms with E-state index in [1.54, 1.807) is 25.3 Å². The van der Waals surface area contributed by atoms with E-state index in [2.05, 4.69) is 4.90 Å². The maximum atomic E-state index is 12.7. The molecule has 1 fully saturated rings. The first-order chi connectivity index (χ1) is 13.8. The van der Waals surface area contributed by atoms with E-state index in [-0.39, 0.29) is 18.2 Å². The molecule has 29 heavy (non-hydrogen) atoms. The minimum absolute atomic E-state index is 0. The molecule has 0 radical (unpaired) electrons. The third-order valence-electron chi connectivity index (χ3n) is 4.69. The number of rotatable bonds is 9. The van der Waals surface area contributed by atoms with Crippen molar-refractivity contribution in [3.8, 4) is 11.5 Å². The zero-order chi connectivity index (χ0) is 19.6. The molecule has 0 N–H and O–H groups in total. The maximum Gasteiger partial charge on any atom is 0.189 e. The van der Waals surface area contributed by atoms with Crippen LogP contribution in [-0.4, -0.2) is 57.2 Å². The molecule has 3 rings (SSSR count). The first kappa shape index (κ1) is 22.9. The van der Waals surface area contributed by atoms with E-state index >= 15 is 0 Å². The number of ether oxygens (including phenoxy) is 3. The van der Waals surface area contributed by atoms with Crippen LogP contribution < -0.4 is 9.47 Å². The second kappa shape index (κ2) is 12.3. The summed E-state index contributed by atoms with van der Waals surface area (Å²) in [6.07, 6.45) is 4.25. The van der Waals surface area contributed by atoms with Crippen LogP contribution in [0.25, 0.3) is 6.08 Å². The van der Waals surface area contributed by atoms with Crippen molar-refractivity contribution in [2.24, 2.45) is 0 Å². The first-order valence-corrected chi connectivity index (χ1v) is 9.65. The smallest absolute Gasteiger partial charge is 0.189 e. The Morgan fingerprint density at radius 3 is 2.52 bits per heavy atom. The van der Waals surface area contributed by atoms with E-state index in [1.165, 1.54) is 0 Å². The molecule has 0 aromatic heterocycles. The molecule has 1 aliphatic heterocycles. The van der Waals surface area contributed by atoms with Gasteiger partial charge in [0.1, 0.15) is 11.5 Å². The van der Waals surface area contributed by atoms with Gasteiger partial charge in [0.15, 0.2) is 5.78 Å². The minimum Gasteiger partial charge on any atom is -0.496 e. The quantitative estimate of drug-likeness (QED) is 0.349. The summed E-state index contributed by atoms with van der Waals surface area (Å²) in [5.74, 6) is 1.27. The summed E-state index contributed by atoms with van der Waals surface area (Å²) in [5.41, 5.74) is 1.43. The number of morpholine rings is 1. The molecule has 1 saturated heterocycles. The molecular weight excluding hydrogens is 390 g/mol. The number of halogens is 1. The van der Waals surface area contributed by atoms with Crippen molar-refractivity contribution in [3.05, 3.63) is 65.7 Å². The number of carbonyl (C=O) groups is 1. The number of benzene rings is 2. The average molecular weight is 418 g/mol. The fourth-order valence-corrected chi connectivity index (χ4v) is 3.15. The van der Waals surface area contributed by atoms with E-state index in [0.717, 1.165) is 50.6 Å². The van der Waals surface area contributed by atoms with Crippen molar-refractivity contribution >= 4 is 24.3 Å². The molecular formula is C23H28ClNO4. The molecule has 0 bridgehead atoms. The number of hydrogen-bond donors (Lipinski definition) is 0. The van der Waals surface area contributed by atoms with Gasteiger partial charge in [0.05, 0.1) is 32.5 Å². The normalized spacial score (nSPS) is 14.4. The van der Waals surface area contributed by atoms with Crippen molar-refractivity contribution in [1.82, 2.24) is 4.90 Å². The van der Waals surface area contributed by atoms with Crippen LogP contribution in [0.4, 0.5) is 0 Å². The van der Waals surface area contributed by atoms with E-state index in [0.29, 0.717) is 17.9 Å². The third-order valence-corrected chi connectivity index (χ3v) is 4.69. The maximum absolute atomic E-state index is 12.7. The Bertz CT molecular complexity index is 803. The Kier molecular flexibility index (Phi) is 9.71. The Morgan fingerprint density at radius 1 is 1.07 bits per heavy atom. The molecule has 2 aromatic rings. The fourth-order valence-electron chi connectivity index (χ4n) is 3.15. The van der Waals surface area contributed by atoms with Crippen LogP contribution >= 0.6 is 12.4 Å². The molecule has 0 amide bonds. The van der Waals surface area contributed by atoms with E-state index in [4.69, 9.17) is 14.2 Å². The van der Waals surface area contributed by atoms with E-state index in [1.807, 2.05) is 42.5 Å². The van der Waals surface area contributed by atoms with Crippen molar-refractivity contribution in [1.29, 1.82) is 0 Å². The second-order valence-electron chi connectivity index (χ2n) is 6.59. The summed E-state index contributed by atoms with van der Waals surface area (Å²) in [6, 6.07) is 15.0. The minimum atomic E-state index is -0.0883. The van der Waals surface area contributed by atoms with Crippen molar-refractivity contribution in [2.45, 2.75) is 6.42 Å². The summed E-state index contributed by atoms with van der Waals surface area (Å²) < 4.78 is 16.6. The lowest BCUT2D eigenvalue weighted by molar-refractivity contribution is 0.0357. The Balaban J connectivity index is 0.00000300. The average Bonchev–Trinajstić information content (AvgIpc) is 2.76. The number of para-hydroxylation sites is 2. The van der Waals surface area contributed by atoms with Crippen LogP contribution in [0.2, 0.25) is 0 Å². The largest absolute Gasteiger partial charge is 0.496 e. The van der Waals surface area contributed by atoms with Gasteiger partial charge in [-0.1, -0.05) is 30.3 Å². The lowest BCUT2D eigenvalue weighted by Gasteiger charge is -2.26. The van der Waals surface area contributed by atoms with Crippen molar-refractivity contribution < 1.29 is 19.0 Å². The molecule has 0 aliphatic carbocycles.